The topological polar surface area (TPSA) is 256 Å². The van der Waals surface area contributed by atoms with Gasteiger partial charge < -0.3 is 46.5 Å². The van der Waals surface area contributed by atoms with Crippen molar-refractivity contribution in [3.63, 3.8) is 0 Å². The minimum Gasteiger partial charge on any atom is -0.481 e. The highest BCUT2D eigenvalue weighted by atomic mass is 16.5. The molecule has 1 unspecified atom stereocenters. The van der Waals surface area contributed by atoms with Gasteiger partial charge in [-0.1, -0.05) is 89.9 Å². The molecule has 0 aromatic heterocycles. The van der Waals surface area contributed by atoms with Crippen molar-refractivity contribution in [1.29, 1.82) is 0 Å². The molecule has 0 rings (SSSR count). The number of nitrogens with two attached hydrogens (primary N) is 1. The zero-order valence-electron chi connectivity index (χ0n) is 32.6. The van der Waals surface area contributed by atoms with Crippen molar-refractivity contribution in [3.05, 3.63) is 0 Å². The Bertz CT molecular complexity index is 1020. The summed E-state index contributed by atoms with van der Waals surface area (Å²) in [4.78, 5) is 69.5. The monoisotopic (exact) mass is 774 g/mol. The molecule has 0 aromatic carbocycles. The lowest BCUT2D eigenvalue weighted by Gasteiger charge is -2.14. The van der Waals surface area contributed by atoms with Crippen LogP contribution in [0.15, 0.2) is 0 Å². The fourth-order valence-corrected chi connectivity index (χ4v) is 5.78. The first-order valence-electron chi connectivity index (χ1n) is 20.2. The van der Waals surface area contributed by atoms with Crippen LogP contribution < -0.4 is 27.0 Å². The van der Waals surface area contributed by atoms with E-state index in [-0.39, 0.29) is 83.0 Å². The Balaban J connectivity index is 3.69. The summed E-state index contributed by atoms with van der Waals surface area (Å²) in [7, 11) is 0. The molecule has 0 radical (unpaired) electrons. The Hall–Kier alpha value is -3.34. The molecule has 0 spiro atoms. The highest BCUT2D eigenvalue weighted by Gasteiger charge is 2.21. The summed E-state index contributed by atoms with van der Waals surface area (Å²) in [6.45, 7) is 1.15. The molecule has 16 nitrogen and oxygen atoms in total. The van der Waals surface area contributed by atoms with E-state index < -0.39 is 30.0 Å². The maximum atomic E-state index is 12.3. The molecule has 2 atom stereocenters. The first-order chi connectivity index (χ1) is 26.1. The first kappa shape index (κ1) is 50.7. The van der Waals surface area contributed by atoms with Crippen LogP contribution in [0, 0.1) is 0 Å². The minimum absolute atomic E-state index is 0.0196. The van der Waals surface area contributed by atoms with E-state index in [1.54, 1.807) is 0 Å². The molecular formula is C38H71N5O11. The number of aliphatic carboxylic acids is 3. The van der Waals surface area contributed by atoms with Crippen LogP contribution in [0.2, 0.25) is 0 Å². The van der Waals surface area contributed by atoms with Gasteiger partial charge in [-0.3, -0.25) is 29.3 Å². The second-order valence-corrected chi connectivity index (χ2v) is 13.7. The molecule has 54 heavy (non-hydrogen) atoms. The fourth-order valence-electron chi connectivity index (χ4n) is 5.78. The second-order valence-electron chi connectivity index (χ2n) is 13.7. The summed E-state index contributed by atoms with van der Waals surface area (Å²) < 4.78 is 10.6. The number of hydrogen-bond acceptors (Lipinski definition) is 10. The van der Waals surface area contributed by atoms with Gasteiger partial charge in [-0.2, -0.15) is 0 Å². The summed E-state index contributed by atoms with van der Waals surface area (Å²) in [5, 5.41) is 37.8. The second kappa shape index (κ2) is 36.6. The number of nitrogens with one attached hydrogen (secondary N) is 4. The Morgan fingerprint density at radius 2 is 0.981 bits per heavy atom. The van der Waals surface area contributed by atoms with Crippen molar-refractivity contribution < 1.29 is 53.6 Å². The predicted octanol–water partition coefficient (Wildman–Crippen LogP) is 3.84. The highest BCUT2D eigenvalue weighted by molar-refractivity contribution is 5.84. The van der Waals surface area contributed by atoms with Gasteiger partial charge >= 0.3 is 17.9 Å². The molecular weight excluding hydrogens is 702 g/mol. The van der Waals surface area contributed by atoms with E-state index >= 15 is 0 Å². The van der Waals surface area contributed by atoms with E-state index in [2.05, 4.69) is 21.3 Å². The van der Waals surface area contributed by atoms with Crippen molar-refractivity contribution in [2.24, 2.45) is 5.73 Å². The highest BCUT2D eigenvalue weighted by Crippen LogP contribution is 2.14. The number of carbonyl (C=O) groups excluding carboxylic acids is 3. The molecule has 0 fully saturated rings. The van der Waals surface area contributed by atoms with Gasteiger partial charge in [-0.05, 0) is 38.5 Å². The Labute approximate surface area is 321 Å². The molecule has 0 aliphatic carbocycles. The number of hydrogen-bond donors (Lipinski definition) is 8. The van der Waals surface area contributed by atoms with Gasteiger partial charge in [0.25, 0.3) is 0 Å². The van der Waals surface area contributed by atoms with Gasteiger partial charge in [0.2, 0.25) is 17.7 Å². The third kappa shape index (κ3) is 34.4. The molecule has 3 amide bonds. The molecule has 0 aliphatic rings. The number of rotatable bonds is 40. The molecule has 0 heterocycles. The van der Waals surface area contributed by atoms with Gasteiger partial charge in [0.15, 0.2) is 0 Å². The summed E-state index contributed by atoms with van der Waals surface area (Å²) in [5.74, 6) is -3.80. The van der Waals surface area contributed by atoms with Gasteiger partial charge in [0.05, 0.1) is 19.8 Å². The Kier molecular flexibility index (Phi) is 34.4. The van der Waals surface area contributed by atoms with Crippen molar-refractivity contribution in [2.75, 3.05) is 46.2 Å². The zero-order valence-corrected chi connectivity index (χ0v) is 32.6. The van der Waals surface area contributed by atoms with Crippen LogP contribution in [0.5, 0.6) is 0 Å². The van der Waals surface area contributed by atoms with E-state index in [0.29, 0.717) is 32.2 Å². The van der Waals surface area contributed by atoms with Crippen LogP contribution in [0.25, 0.3) is 0 Å². The van der Waals surface area contributed by atoms with Crippen LogP contribution in [-0.2, 0) is 38.2 Å². The quantitative estimate of drug-likeness (QED) is 0.0326. The third-order valence-electron chi connectivity index (χ3n) is 8.92. The lowest BCUT2D eigenvalue weighted by atomic mass is 10.0. The Morgan fingerprint density at radius 1 is 0.481 bits per heavy atom. The Morgan fingerprint density at radius 3 is 1.50 bits per heavy atom. The van der Waals surface area contributed by atoms with Crippen molar-refractivity contribution >= 4 is 35.6 Å². The van der Waals surface area contributed by atoms with Gasteiger partial charge in [-0.15, -0.1) is 0 Å². The van der Waals surface area contributed by atoms with E-state index in [1.165, 1.54) is 57.8 Å². The molecule has 314 valence electrons. The summed E-state index contributed by atoms with van der Waals surface area (Å²) in [5.41, 5.74) is 5.32. The maximum Gasteiger partial charge on any atom is 0.326 e. The fraction of sp³-hybridized carbons (Fsp3) is 0.842. The summed E-state index contributed by atoms with van der Waals surface area (Å²) >= 11 is 0. The number of unbranched alkanes of at least 4 members (excludes halogenated alkanes) is 16. The lowest BCUT2D eigenvalue weighted by molar-refractivity contribution is -0.142. The predicted molar refractivity (Wildman–Crippen MR) is 205 cm³/mol. The third-order valence-corrected chi connectivity index (χ3v) is 8.92. The summed E-state index contributed by atoms with van der Waals surface area (Å²) in [6.07, 6.45) is 20.0. The van der Waals surface area contributed by atoms with Crippen LogP contribution in [0.3, 0.4) is 0 Å². The zero-order chi connectivity index (χ0) is 40.1. The van der Waals surface area contributed by atoms with Crippen LogP contribution in [0.1, 0.15) is 148 Å². The number of carboxylic acids is 3. The van der Waals surface area contributed by atoms with Crippen molar-refractivity contribution in [2.45, 2.75) is 160 Å². The van der Waals surface area contributed by atoms with Gasteiger partial charge in [0.1, 0.15) is 18.7 Å². The van der Waals surface area contributed by atoms with E-state index in [9.17, 15) is 33.9 Å². The SMILES string of the molecule is NCN[C@@H](CCCCNC(=O)COCCOCCNC(=O)CCC(NC(=O)CCCCCCCCCCCCCCCCCCC(=O)O)C(=O)O)C(=O)O. The van der Waals surface area contributed by atoms with E-state index in [0.717, 1.165) is 38.5 Å². The number of carboxylic acid groups (broad SMARTS) is 3. The largest absolute Gasteiger partial charge is 0.481 e. The first-order valence-corrected chi connectivity index (χ1v) is 20.2. The van der Waals surface area contributed by atoms with Crippen LogP contribution in [0.4, 0.5) is 0 Å². The number of carbonyl (C=O) groups is 6. The normalized spacial score (nSPS) is 12.2. The van der Waals surface area contributed by atoms with E-state index in [1.807, 2.05) is 0 Å². The van der Waals surface area contributed by atoms with E-state index in [4.69, 9.17) is 25.4 Å². The van der Waals surface area contributed by atoms with Crippen LogP contribution >= 0.6 is 0 Å². The number of amides is 3. The molecule has 0 aliphatic heterocycles. The smallest absolute Gasteiger partial charge is 0.326 e. The molecule has 9 N–H and O–H groups in total. The molecule has 16 heteroatoms. The molecule has 0 saturated heterocycles. The molecule has 0 saturated carbocycles. The van der Waals surface area contributed by atoms with Gasteiger partial charge in [0, 0.05) is 39.0 Å². The molecule has 0 aromatic rings. The van der Waals surface area contributed by atoms with Crippen molar-refractivity contribution in [1.82, 2.24) is 21.3 Å². The number of ether oxygens (including phenoxy) is 2. The van der Waals surface area contributed by atoms with Gasteiger partial charge in [-0.25, -0.2) is 4.79 Å². The standard InChI is InChI=1S/C38H71N5O11/c39-30-42-31(37(49)50)19-17-18-24-40-35(46)29-54-28-27-53-26-25-41-33(44)23-22-32(38(51)52)43-34(45)20-15-13-11-9-7-5-3-1-2-4-6-8-10-12-14-16-21-36(47)48/h31-32,42H,1-30,39H2,(H,40,46)(H,41,44)(H,43,45)(H,47,48)(H,49,50)(H,51,52)/t31-,32?/m0/s1. The lowest BCUT2D eigenvalue weighted by Crippen LogP contribution is -2.41. The molecule has 0 bridgehead atoms. The van der Waals surface area contributed by atoms with Crippen molar-refractivity contribution in [3.8, 4) is 0 Å². The average molecular weight is 774 g/mol. The minimum atomic E-state index is -1.18. The maximum absolute atomic E-state index is 12.3. The summed E-state index contributed by atoms with van der Waals surface area (Å²) in [6, 6.07) is -1.84. The average Bonchev–Trinajstić information content (AvgIpc) is 3.12. The van der Waals surface area contributed by atoms with Crippen LogP contribution in [-0.4, -0.2) is 109 Å².